The Labute approximate surface area is 115 Å². The van der Waals surface area contributed by atoms with E-state index in [0.717, 1.165) is 18.0 Å². The maximum absolute atomic E-state index is 13.3. The molecule has 0 radical (unpaired) electrons. The summed E-state index contributed by atoms with van der Waals surface area (Å²) in [4.78, 5) is 2.34. The molecule has 1 unspecified atom stereocenters. The number of halogens is 1. The number of benzene rings is 1. The minimum absolute atomic E-state index is 0.141. The van der Waals surface area contributed by atoms with Crippen molar-refractivity contribution in [3.8, 4) is 0 Å². The van der Waals surface area contributed by atoms with Crippen LogP contribution >= 0.6 is 0 Å². The van der Waals surface area contributed by atoms with Gasteiger partial charge in [0.05, 0.1) is 0 Å². The van der Waals surface area contributed by atoms with Gasteiger partial charge >= 0.3 is 0 Å². The van der Waals surface area contributed by atoms with Gasteiger partial charge < -0.3 is 5.73 Å². The monoisotopic (exact) mass is 264 g/mol. The molecule has 1 fully saturated rings. The van der Waals surface area contributed by atoms with Crippen LogP contribution in [0.15, 0.2) is 18.2 Å². The molecule has 0 spiro atoms. The predicted octanol–water partition coefficient (Wildman–Crippen LogP) is 3.26. The lowest BCUT2D eigenvalue weighted by Crippen LogP contribution is -2.33. The molecule has 19 heavy (non-hydrogen) atoms. The van der Waals surface area contributed by atoms with E-state index >= 15 is 0 Å². The number of nitrogens with two attached hydrogens (primary N) is 1. The molecule has 1 aromatic rings. The maximum Gasteiger partial charge on any atom is 0.126 e. The standard InChI is InChI=1S/C16H25FN2/c1-12-9-14(7-8-15(12)17)16(10-18)19(2)11-13-5-3-4-6-13/h7-9,13,16H,3-6,10-11,18H2,1-2H3. The molecule has 1 aliphatic rings. The Morgan fingerprint density at radius 3 is 2.63 bits per heavy atom. The van der Waals surface area contributed by atoms with Crippen molar-refractivity contribution in [1.82, 2.24) is 4.90 Å². The summed E-state index contributed by atoms with van der Waals surface area (Å²) in [5.41, 5.74) is 7.76. The molecule has 1 atom stereocenters. The van der Waals surface area contributed by atoms with Gasteiger partial charge in [0.2, 0.25) is 0 Å². The molecule has 3 heteroatoms. The zero-order valence-corrected chi connectivity index (χ0v) is 12.0. The summed E-state index contributed by atoms with van der Waals surface area (Å²) in [7, 11) is 2.13. The van der Waals surface area contributed by atoms with Gasteiger partial charge in [-0.25, -0.2) is 4.39 Å². The molecule has 1 aromatic carbocycles. The van der Waals surface area contributed by atoms with E-state index in [0.29, 0.717) is 12.1 Å². The zero-order chi connectivity index (χ0) is 13.8. The van der Waals surface area contributed by atoms with E-state index in [1.54, 1.807) is 6.07 Å². The number of nitrogens with zero attached hydrogens (tertiary/aromatic N) is 1. The summed E-state index contributed by atoms with van der Waals surface area (Å²) in [6.07, 6.45) is 5.40. The zero-order valence-electron chi connectivity index (χ0n) is 12.0. The molecule has 0 heterocycles. The largest absolute Gasteiger partial charge is 0.329 e. The molecule has 1 saturated carbocycles. The molecule has 2 rings (SSSR count). The van der Waals surface area contributed by atoms with Crippen LogP contribution in [-0.2, 0) is 0 Å². The smallest absolute Gasteiger partial charge is 0.126 e. The summed E-state index contributed by atoms with van der Waals surface area (Å²) in [5.74, 6) is 0.665. The Morgan fingerprint density at radius 1 is 1.37 bits per heavy atom. The molecule has 106 valence electrons. The van der Waals surface area contributed by atoms with Crippen molar-refractivity contribution < 1.29 is 4.39 Å². The van der Waals surface area contributed by atoms with Crippen LogP contribution in [0.25, 0.3) is 0 Å². The lowest BCUT2D eigenvalue weighted by molar-refractivity contribution is 0.212. The molecule has 0 saturated heterocycles. The van der Waals surface area contributed by atoms with Crippen LogP contribution in [0.3, 0.4) is 0 Å². The summed E-state index contributed by atoms with van der Waals surface area (Å²) in [6, 6.07) is 5.54. The molecule has 2 nitrogen and oxygen atoms in total. The van der Waals surface area contributed by atoms with Gasteiger partial charge in [0.15, 0.2) is 0 Å². The fourth-order valence-electron chi connectivity index (χ4n) is 3.17. The van der Waals surface area contributed by atoms with E-state index in [1.807, 2.05) is 19.1 Å². The van der Waals surface area contributed by atoms with Crippen molar-refractivity contribution in [2.45, 2.75) is 38.6 Å². The Kier molecular flexibility index (Phi) is 4.94. The first-order chi connectivity index (χ1) is 9.11. The molecule has 0 aliphatic heterocycles. The highest BCUT2D eigenvalue weighted by Gasteiger charge is 2.22. The first-order valence-corrected chi connectivity index (χ1v) is 7.28. The summed E-state index contributed by atoms with van der Waals surface area (Å²) < 4.78 is 13.3. The average molecular weight is 264 g/mol. The van der Waals surface area contributed by atoms with Gasteiger partial charge in [-0.2, -0.15) is 0 Å². The van der Waals surface area contributed by atoms with Crippen molar-refractivity contribution in [3.05, 3.63) is 35.1 Å². The van der Waals surface area contributed by atoms with Gasteiger partial charge in [0.1, 0.15) is 5.82 Å². The lowest BCUT2D eigenvalue weighted by atomic mass is 10.0. The third kappa shape index (κ3) is 3.54. The third-order valence-electron chi connectivity index (χ3n) is 4.34. The molecule has 0 bridgehead atoms. The Hall–Kier alpha value is -0.930. The average Bonchev–Trinajstić information content (AvgIpc) is 2.87. The SMILES string of the molecule is Cc1cc(C(CN)N(C)CC2CCCC2)ccc1F. The second kappa shape index (κ2) is 6.49. The minimum atomic E-state index is -0.141. The van der Waals surface area contributed by atoms with Crippen molar-refractivity contribution in [3.63, 3.8) is 0 Å². The third-order valence-corrected chi connectivity index (χ3v) is 4.34. The van der Waals surface area contributed by atoms with Crippen LogP contribution in [0, 0.1) is 18.7 Å². The first kappa shape index (κ1) is 14.5. The van der Waals surface area contributed by atoms with Gasteiger partial charge in [-0.1, -0.05) is 25.0 Å². The predicted molar refractivity (Wildman–Crippen MR) is 77.5 cm³/mol. The lowest BCUT2D eigenvalue weighted by Gasteiger charge is -2.30. The van der Waals surface area contributed by atoms with Crippen molar-refractivity contribution in [2.75, 3.05) is 20.1 Å². The molecule has 0 aromatic heterocycles. The highest BCUT2D eigenvalue weighted by molar-refractivity contribution is 5.26. The van der Waals surface area contributed by atoms with Gasteiger partial charge in [0, 0.05) is 19.1 Å². The first-order valence-electron chi connectivity index (χ1n) is 7.28. The van der Waals surface area contributed by atoms with E-state index in [4.69, 9.17) is 5.73 Å². The highest BCUT2D eigenvalue weighted by atomic mass is 19.1. The number of rotatable bonds is 5. The normalized spacial score (nSPS) is 18.2. The molecular weight excluding hydrogens is 239 g/mol. The van der Waals surface area contributed by atoms with E-state index in [-0.39, 0.29) is 11.9 Å². The van der Waals surface area contributed by atoms with Crippen molar-refractivity contribution in [1.29, 1.82) is 0 Å². The van der Waals surface area contributed by atoms with Crippen LogP contribution in [0.5, 0.6) is 0 Å². The number of hydrogen-bond donors (Lipinski definition) is 1. The van der Waals surface area contributed by atoms with Gasteiger partial charge in [-0.05, 0) is 49.9 Å². The van der Waals surface area contributed by atoms with Crippen LogP contribution in [-0.4, -0.2) is 25.0 Å². The molecule has 2 N–H and O–H groups in total. The second-order valence-corrected chi connectivity index (χ2v) is 5.85. The topological polar surface area (TPSA) is 29.3 Å². The van der Waals surface area contributed by atoms with Gasteiger partial charge in [-0.15, -0.1) is 0 Å². The maximum atomic E-state index is 13.3. The molecule has 1 aliphatic carbocycles. The Balaban J connectivity index is 2.06. The van der Waals surface area contributed by atoms with E-state index in [1.165, 1.54) is 25.7 Å². The summed E-state index contributed by atoms with van der Waals surface area (Å²) in [6.45, 7) is 3.48. The number of aryl methyl sites for hydroxylation is 1. The van der Waals surface area contributed by atoms with Crippen LogP contribution in [0.4, 0.5) is 4.39 Å². The Bertz CT molecular complexity index is 413. The Morgan fingerprint density at radius 2 is 2.05 bits per heavy atom. The van der Waals surface area contributed by atoms with Gasteiger partial charge in [-0.3, -0.25) is 4.90 Å². The van der Waals surface area contributed by atoms with E-state index in [9.17, 15) is 4.39 Å². The summed E-state index contributed by atoms with van der Waals surface area (Å²) >= 11 is 0. The van der Waals surface area contributed by atoms with Crippen LogP contribution in [0.1, 0.15) is 42.9 Å². The van der Waals surface area contributed by atoms with Crippen LogP contribution in [0.2, 0.25) is 0 Å². The number of likely N-dealkylation sites (N-methyl/N-ethyl adjacent to an activating group) is 1. The van der Waals surface area contributed by atoms with E-state index < -0.39 is 0 Å². The molecular formula is C16H25FN2. The van der Waals surface area contributed by atoms with Crippen molar-refractivity contribution >= 4 is 0 Å². The minimum Gasteiger partial charge on any atom is -0.329 e. The van der Waals surface area contributed by atoms with Gasteiger partial charge in [0.25, 0.3) is 0 Å². The van der Waals surface area contributed by atoms with Crippen LogP contribution < -0.4 is 5.73 Å². The quantitative estimate of drug-likeness (QED) is 0.884. The summed E-state index contributed by atoms with van der Waals surface area (Å²) in [5, 5.41) is 0. The van der Waals surface area contributed by atoms with E-state index in [2.05, 4.69) is 11.9 Å². The fourth-order valence-corrected chi connectivity index (χ4v) is 3.17. The molecule has 0 amide bonds. The van der Waals surface area contributed by atoms with Crippen molar-refractivity contribution in [2.24, 2.45) is 11.7 Å². The number of hydrogen-bond acceptors (Lipinski definition) is 2. The highest BCUT2D eigenvalue weighted by Crippen LogP contribution is 2.28. The fraction of sp³-hybridized carbons (Fsp3) is 0.625. The second-order valence-electron chi connectivity index (χ2n) is 5.85.